The minimum Gasteiger partial charge on any atom is -0.508 e. The van der Waals surface area contributed by atoms with Crippen LogP contribution in [0.3, 0.4) is 0 Å². The summed E-state index contributed by atoms with van der Waals surface area (Å²) in [7, 11) is 0. The monoisotopic (exact) mass is 251 g/mol. The van der Waals surface area contributed by atoms with E-state index >= 15 is 0 Å². The van der Waals surface area contributed by atoms with Gasteiger partial charge in [0.15, 0.2) is 0 Å². The Morgan fingerprint density at radius 2 is 2.17 bits per heavy atom. The van der Waals surface area contributed by atoms with Crippen molar-refractivity contribution in [1.29, 1.82) is 0 Å². The number of benzene rings is 1. The Morgan fingerprint density at radius 3 is 2.83 bits per heavy atom. The van der Waals surface area contributed by atoms with Crippen LogP contribution in [0.15, 0.2) is 18.2 Å². The van der Waals surface area contributed by atoms with E-state index in [9.17, 15) is 9.50 Å². The third-order valence-corrected chi connectivity index (χ3v) is 3.74. The Morgan fingerprint density at radius 1 is 1.39 bits per heavy atom. The maximum Gasteiger partial charge on any atom is 0.127 e. The van der Waals surface area contributed by atoms with E-state index in [2.05, 4.69) is 19.2 Å². The number of phenols is 1. The molecule has 0 bridgehead atoms. The van der Waals surface area contributed by atoms with Gasteiger partial charge in [0.2, 0.25) is 0 Å². The van der Waals surface area contributed by atoms with Crippen molar-refractivity contribution in [1.82, 2.24) is 5.32 Å². The lowest BCUT2D eigenvalue weighted by Crippen LogP contribution is -2.36. The largest absolute Gasteiger partial charge is 0.508 e. The molecule has 100 valence electrons. The molecule has 2 rings (SSSR count). The average molecular weight is 251 g/mol. The summed E-state index contributed by atoms with van der Waals surface area (Å²) in [4.78, 5) is 0. The second kappa shape index (κ2) is 5.27. The van der Waals surface area contributed by atoms with Gasteiger partial charge in [0.25, 0.3) is 0 Å². The van der Waals surface area contributed by atoms with Crippen LogP contribution in [0, 0.1) is 11.2 Å². The Labute approximate surface area is 108 Å². The quantitative estimate of drug-likeness (QED) is 0.860. The molecule has 1 atom stereocenters. The Kier molecular flexibility index (Phi) is 3.91. The van der Waals surface area contributed by atoms with Gasteiger partial charge in [-0.15, -0.1) is 0 Å². The van der Waals surface area contributed by atoms with Gasteiger partial charge in [0, 0.05) is 18.7 Å². The number of rotatable bonds is 3. The molecule has 0 aliphatic heterocycles. The number of phenolic OH excluding ortho intramolecular Hbond substituents is 1. The normalized spacial score (nSPS) is 22.9. The van der Waals surface area contributed by atoms with E-state index in [0.29, 0.717) is 18.0 Å². The summed E-state index contributed by atoms with van der Waals surface area (Å²) in [6.07, 6.45) is 4.88. The van der Waals surface area contributed by atoms with Crippen LogP contribution in [0.4, 0.5) is 4.39 Å². The van der Waals surface area contributed by atoms with Crippen molar-refractivity contribution in [2.45, 2.75) is 52.1 Å². The fourth-order valence-electron chi connectivity index (χ4n) is 2.87. The van der Waals surface area contributed by atoms with Crippen LogP contribution < -0.4 is 5.32 Å². The summed E-state index contributed by atoms with van der Waals surface area (Å²) >= 11 is 0. The molecular formula is C15H22FNO. The van der Waals surface area contributed by atoms with E-state index in [-0.39, 0.29) is 11.6 Å². The molecule has 1 fully saturated rings. The van der Waals surface area contributed by atoms with Gasteiger partial charge in [-0.25, -0.2) is 4.39 Å². The molecule has 1 aliphatic carbocycles. The highest BCUT2D eigenvalue weighted by Gasteiger charge is 2.27. The molecular weight excluding hydrogens is 229 g/mol. The van der Waals surface area contributed by atoms with Gasteiger partial charge in [-0.1, -0.05) is 20.3 Å². The SMILES string of the molecule is CC1(C)CCCC(NCc2cc(O)cc(F)c2)C1. The number of hydrogen-bond acceptors (Lipinski definition) is 2. The van der Waals surface area contributed by atoms with Crippen LogP contribution in [-0.2, 0) is 6.54 Å². The van der Waals surface area contributed by atoms with E-state index in [1.807, 2.05) is 0 Å². The van der Waals surface area contributed by atoms with Gasteiger partial charge in [0.1, 0.15) is 11.6 Å². The first-order valence-corrected chi connectivity index (χ1v) is 6.66. The van der Waals surface area contributed by atoms with Crippen molar-refractivity contribution in [2.24, 2.45) is 5.41 Å². The molecule has 1 aromatic carbocycles. The van der Waals surface area contributed by atoms with Crippen molar-refractivity contribution < 1.29 is 9.50 Å². The van der Waals surface area contributed by atoms with Crippen molar-refractivity contribution in [2.75, 3.05) is 0 Å². The van der Waals surface area contributed by atoms with Gasteiger partial charge in [-0.2, -0.15) is 0 Å². The van der Waals surface area contributed by atoms with E-state index in [4.69, 9.17) is 0 Å². The van der Waals surface area contributed by atoms with Crippen LogP contribution >= 0.6 is 0 Å². The lowest BCUT2D eigenvalue weighted by Gasteiger charge is -2.35. The summed E-state index contributed by atoms with van der Waals surface area (Å²) in [6.45, 7) is 5.22. The van der Waals surface area contributed by atoms with E-state index in [1.54, 1.807) is 6.07 Å². The highest BCUT2D eigenvalue weighted by Crippen LogP contribution is 2.35. The Hall–Kier alpha value is -1.09. The molecule has 0 radical (unpaired) electrons. The standard InChI is InChI=1S/C15H22FNO/c1-15(2)5-3-4-13(9-15)17-10-11-6-12(16)8-14(18)7-11/h6-8,13,17-18H,3-5,9-10H2,1-2H3. The number of nitrogens with one attached hydrogen (secondary N) is 1. The lowest BCUT2D eigenvalue weighted by molar-refractivity contribution is 0.197. The maximum atomic E-state index is 13.1. The Balaban J connectivity index is 1.91. The molecule has 1 aromatic rings. The summed E-state index contributed by atoms with van der Waals surface area (Å²) < 4.78 is 13.1. The molecule has 1 unspecified atom stereocenters. The predicted molar refractivity (Wildman–Crippen MR) is 70.9 cm³/mol. The molecule has 3 heteroatoms. The summed E-state index contributed by atoms with van der Waals surface area (Å²) in [5.74, 6) is -0.383. The van der Waals surface area contributed by atoms with Crippen LogP contribution in [0.2, 0.25) is 0 Å². The Bertz CT molecular complexity index is 397. The zero-order valence-electron chi connectivity index (χ0n) is 11.2. The van der Waals surface area contributed by atoms with Gasteiger partial charge in [-0.05, 0) is 42.4 Å². The van der Waals surface area contributed by atoms with Gasteiger partial charge >= 0.3 is 0 Å². The lowest BCUT2D eigenvalue weighted by atomic mass is 9.75. The van der Waals surface area contributed by atoms with Crippen LogP contribution in [0.1, 0.15) is 45.1 Å². The van der Waals surface area contributed by atoms with E-state index < -0.39 is 0 Å². The van der Waals surface area contributed by atoms with Gasteiger partial charge in [-0.3, -0.25) is 0 Å². The van der Waals surface area contributed by atoms with Crippen molar-refractivity contribution in [3.8, 4) is 5.75 Å². The topological polar surface area (TPSA) is 32.3 Å². The molecule has 0 amide bonds. The molecule has 0 saturated heterocycles. The molecule has 2 nitrogen and oxygen atoms in total. The van der Waals surface area contributed by atoms with Crippen LogP contribution in [0.5, 0.6) is 5.75 Å². The molecule has 2 N–H and O–H groups in total. The maximum absolute atomic E-state index is 13.1. The molecule has 0 aromatic heterocycles. The van der Waals surface area contributed by atoms with E-state index in [0.717, 1.165) is 18.1 Å². The average Bonchev–Trinajstić information content (AvgIpc) is 2.24. The third-order valence-electron chi connectivity index (χ3n) is 3.74. The molecule has 0 heterocycles. The summed E-state index contributed by atoms with van der Waals surface area (Å²) in [6, 6.07) is 4.72. The fraction of sp³-hybridized carbons (Fsp3) is 0.600. The van der Waals surface area contributed by atoms with Gasteiger partial charge < -0.3 is 10.4 Å². The van der Waals surface area contributed by atoms with Crippen LogP contribution in [0.25, 0.3) is 0 Å². The molecule has 1 aliphatic rings. The second-order valence-corrected chi connectivity index (χ2v) is 6.16. The predicted octanol–water partition coefficient (Wildman–Crippen LogP) is 3.59. The molecule has 18 heavy (non-hydrogen) atoms. The number of aromatic hydroxyl groups is 1. The molecule has 1 saturated carbocycles. The first kappa shape index (κ1) is 13.3. The smallest absolute Gasteiger partial charge is 0.127 e. The number of hydrogen-bond donors (Lipinski definition) is 2. The van der Waals surface area contributed by atoms with Crippen molar-refractivity contribution in [3.63, 3.8) is 0 Å². The summed E-state index contributed by atoms with van der Waals surface area (Å²) in [5, 5.41) is 12.8. The number of halogens is 1. The minimum absolute atomic E-state index is 0.00391. The van der Waals surface area contributed by atoms with Crippen molar-refractivity contribution in [3.05, 3.63) is 29.6 Å². The zero-order chi connectivity index (χ0) is 13.2. The second-order valence-electron chi connectivity index (χ2n) is 6.16. The van der Waals surface area contributed by atoms with Crippen LogP contribution in [-0.4, -0.2) is 11.1 Å². The van der Waals surface area contributed by atoms with Gasteiger partial charge in [0.05, 0.1) is 0 Å². The minimum atomic E-state index is -0.379. The van der Waals surface area contributed by atoms with Crippen molar-refractivity contribution >= 4 is 0 Å². The highest BCUT2D eigenvalue weighted by molar-refractivity contribution is 5.28. The fourth-order valence-corrected chi connectivity index (χ4v) is 2.87. The third kappa shape index (κ3) is 3.70. The first-order chi connectivity index (χ1) is 8.44. The first-order valence-electron chi connectivity index (χ1n) is 6.66. The summed E-state index contributed by atoms with van der Waals surface area (Å²) in [5.41, 5.74) is 1.20. The highest BCUT2D eigenvalue weighted by atomic mass is 19.1. The van der Waals surface area contributed by atoms with E-state index in [1.165, 1.54) is 25.3 Å². The molecule has 0 spiro atoms. The zero-order valence-corrected chi connectivity index (χ0v) is 11.2.